The SMILES string of the molecule is Cc1cc(NC(=O)c2cccc(Nc3ccnc4[nH]nc(NC5CCCCC5)c34)c2)ccc1C(C)C. The highest BCUT2D eigenvalue weighted by Crippen LogP contribution is 2.32. The van der Waals surface area contributed by atoms with Crippen LogP contribution in [0.4, 0.5) is 22.9 Å². The molecular formula is C29H34N6O. The number of carbonyl (C=O) groups is 1. The zero-order valence-electron chi connectivity index (χ0n) is 21.2. The van der Waals surface area contributed by atoms with Gasteiger partial charge in [-0.2, -0.15) is 5.10 Å². The molecule has 1 saturated carbocycles. The quantitative estimate of drug-likeness (QED) is 0.225. The number of carbonyl (C=O) groups excluding carboxylic acids is 1. The first-order valence-electron chi connectivity index (χ1n) is 12.9. The highest BCUT2D eigenvalue weighted by molar-refractivity contribution is 6.05. The maximum Gasteiger partial charge on any atom is 0.255 e. The molecule has 0 saturated heterocycles. The Balaban J connectivity index is 1.34. The van der Waals surface area contributed by atoms with E-state index >= 15 is 0 Å². The molecule has 1 aliphatic carbocycles. The molecule has 2 aromatic carbocycles. The average Bonchev–Trinajstić information content (AvgIpc) is 3.28. The Kier molecular flexibility index (Phi) is 6.89. The van der Waals surface area contributed by atoms with Crippen molar-refractivity contribution in [3.63, 3.8) is 0 Å². The Labute approximate surface area is 212 Å². The zero-order valence-corrected chi connectivity index (χ0v) is 21.2. The summed E-state index contributed by atoms with van der Waals surface area (Å²) in [5, 5.41) is 18.6. The van der Waals surface area contributed by atoms with Crippen LogP contribution in [0.1, 0.15) is 73.4 Å². The Morgan fingerprint density at radius 1 is 1.03 bits per heavy atom. The number of aromatic amines is 1. The van der Waals surface area contributed by atoms with Gasteiger partial charge >= 0.3 is 0 Å². The van der Waals surface area contributed by atoms with Crippen LogP contribution in [-0.2, 0) is 0 Å². The number of nitrogens with one attached hydrogen (secondary N) is 4. The van der Waals surface area contributed by atoms with Gasteiger partial charge < -0.3 is 16.0 Å². The van der Waals surface area contributed by atoms with E-state index in [1.807, 2.05) is 42.5 Å². The van der Waals surface area contributed by atoms with Crippen LogP contribution < -0.4 is 16.0 Å². The number of aromatic nitrogens is 3. The molecule has 1 amide bonds. The van der Waals surface area contributed by atoms with Gasteiger partial charge in [-0.3, -0.25) is 9.89 Å². The second kappa shape index (κ2) is 10.4. The molecule has 0 bridgehead atoms. The maximum atomic E-state index is 13.0. The predicted octanol–water partition coefficient (Wildman–Crippen LogP) is 7.13. The number of anilines is 4. The summed E-state index contributed by atoms with van der Waals surface area (Å²) in [5.41, 5.74) is 6.30. The average molecular weight is 483 g/mol. The summed E-state index contributed by atoms with van der Waals surface area (Å²) in [6.45, 7) is 6.43. The standard InChI is InChI=1S/C29H34N6O/c1-18(2)24-13-12-23(16-19(24)3)33-29(36)20-8-7-11-22(17-20)31-25-14-15-30-27-26(25)28(35-34-27)32-21-9-5-4-6-10-21/h7-8,11-18,21H,4-6,9-10H2,1-3H3,(H,33,36)(H3,30,31,32,34,35). The number of pyridine rings is 1. The fourth-order valence-corrected chi connectivity index (χ4v) is 5.10. The topological polar surface area (TPSA) is 94.7 Å². The number of benzene rings is 2. The van der Waals surface area contributed by atoms with Crippen LogP contribution in [0, 0.1) is 6.92 Å². The Morgan fingerprint density at radius 3 is 2.64 bits per heavy atom. The van der Waals surface area contributed by atoms with Crippen LogP contribution in [0.2, 0.25) is 0 Å². The van der Waals surface area contributed by atoms with Crippen LogP contribution in [0.3, 0.4) is 0 Å². The Morgan fingerprint density at radius 2 is 1.86 bits per heavy atom. The van der Waals surface area contributed by atoms with Crippen LogP contribution in [0.5, 0.6) is 0 Å². The number of aryl methyl sites for hydroxylation is 1. The molecule has 0 radical (unpaired) electrons. The molecule has 2 heterocycles. The number of H-pyrrole nitrogens is 1. The first kappa shape index (κ1) is 23.9. The van der Waals surface area contributed by atoms with Crippen LogP contribution in [0.25, 0.3) is 11.0 Å². The van der Waals surface area contributed by atoms with E-state index in [0.717, 1.165) is 46.8 Å². The van der Waals surface area contributed by atoms with E-state index < -0.39 is 0 Å². The molecule has 4 N–H and O–H groups in total. The number of hydrogen-bond donors (Lipinski definition) is 4. The van der Waals surface area contributed by atoms with Crippen molar-refractivity contribution in [2.24, 2.45) is 0 Å². The van der Waals surface area contributed by atoms with Gasteiger partial charge in [-0.1, -0.05) is 45.2 Å². The minimum Gasteiger partial charge on any atom is -0.365 e. The minimum absolute atomic E-state index is 0.141. The zero-order chi connectivity index (χ0) is 25.1. The van der Waals surface area contributed by atoms with E-state index in [4.69, 9.17) is 0 Å². The molecule has 0 atom stereocenters. The minimum atomic E-state index is -0.141. The molecule has 0 aliphatic heterocycles. The van der Waals surface area contributed by atoms with Crippen molar-refractivity contribution in [3.8, 4) is 0 Å². The summed E-state index contributed by atoms with van der Waals surface area (Å²) in [7, 11) is 0. The second-order valence-electron chi connectivity index (χ2n) is 10.0. The van der Waals surface area contributed by atoms with Crippen LogP contribution in [0.15, 0.2) is 54.7 Å². The van der Waals surface area contributed by atoms with Crippen molar-refractivity contribution >= 4 is 39.8 Å². The van der Waals surface area contributed by atoms with Gasteiger partial charge in [0.25, 0.3) is 5.91 Å². The maximum absolute atomic E-state index is 13.0. The van der Waals surface area contributed by atoms with Crippen LogP contribution in [-0.4, -0.2) is 27.1 Å². The predicted molar refractivity (Wildman–Crippen MR) is 147 cm³/mol. The van der Waals surface area contributed by atoms with Crippen molar-refractivity contribution in [2.75, 3.05) is 16.0 Å². The third-order valence-electron chi connectivity index (χ3n) is 6.96. The molecule has 7 heteroatoms. The van der Waals surface area contributed by atoms with Gasteiger partial charge in [0.15, 0.2) is 11.5 Å². The van der Waals surface area contributed by atoms with Crippen molar-refractivity contribution in [2.45, 2.75) is 64.8 Å². The van der Waals surface area contributed by atoms with Gasteiger partial charge in [-0.05, 0) is 73.2 Å². The fraction of sp³-hybridized carbons (Fsp3) is 0.345. The summed E-state index contributed by atoms with van der Waals surface area (Å²) in [6.07, 6.45) is 7.88. The van der Waals surface area contributed by atoms with Crippen molar-refractivity contribution in [1.29, 1.82) is 0 Å². The highest BCUT2D eigenvalue weighted by Gasteiger charge is 2.18. The van der Waals surface area contributed by atoms with E-state index in [2.05, 4.69) is 58.0 Å². The first-order chi connectivity index (χ1) is 17.5. The van der Waals surface area contributed by atoms with Gasteiger partial charge in [0.1, 0.15) is 0 Å². The van der Waals surface area contributed by atoms with E-state index in [1.54, 1.807) is 6.20 Å². The van der Waals surface area contributed by atoms with Gasteiger partial charge in [0.05, 0.1) is 11.1 Å². The highest BCUT2D eigenvalue weighted by atomic mass is 16.1. The lowest BCUT2D eigenvalue weighted by atomic mass is 9.95. The molecule has 5 rings (SSSR count). The lowest BCUT2D eigenvalue weighted by Crippen LogP contribution is -2.22. The van der Waals surface area contributed by atoms with Gasteiger partial charge in [-0.15, -0.1) is 0 Å². The van der Waals surface area contributed by atoms with Crippen molar-refractivity contribution < 1.29 is 4.79 Å². The molecule has 186 valence electrons. The monoisotopic (exact) mass is 482 g/mol. The third kappa shape index (κ3) is 5.20. The number of nitrogens with zero attached hydrogens (tertiary/aromatic N) is 2. The van der Waals surface area contributed by atoms with E-state index in [0.29, 0.717) is 17.5 Å². The molecule has 1 fully saturated rings. The number of fused-ring (bicyclic) bond motifs is 1. The summed E-state index contributed by atoms with van der Waals surface area (Å²) >= 11 is 0. The fourth-order valence-electron chi connectivity index (χ4n) is 5.10. The van der Waals surface area contributed by atoms with Crippen molar-refractivity contribution in [3.05, 3.63) is 71.4 Å². The first-order valence-corrected chi connectivity index (χ1v) is 12.9. The molecule has 1 aliphatic rings. The Bertz CT molecular complexity index is 1370. The Hall–Kier alpha value is -3.87. The lowest BCUT2D eigenvalue weighted by molar-refractivity contribution is 0.102. The molecule has 0 spiro atoms. The summed E-state index contributed by atoms with van der Waals surface area (Å²) < 4.78 is 0. The summed E-state index contributed by atoms with van der Waals surface area (Å²) in [6, 6.07) is 16.0. The smallest absolute Gasteiger partial charge is 0.255 e. The number of rotatable bonds is 7. The summed E-state index contributed by atoms with van der Waals surface area (Å²) in [4.78, 5) is 17.5. The molecule has 4 aromatic rings. The molecular weight excluding hydrogens is 448 g/mol. The van der Waals surface area contributed by atoms with Gasteiger partial charge in [-0.25, -0.2) is 4.98 Å². The molecule has 2 aromatic heterocycles. The lowest BCUT2D eigenvalue weighted by Gasteiger charge is -2.23. The third-order valence-corrected chi connectivity index (χ3v) is 6.96. The summed E-state index contributed by atoms with van der Waals surface area (Å²) in [5.74, 6) is 1.13. The van der Waals surface area contributed by atoms with Crippen LogP contribution >= 0.6 is 0 Å². The van der Waals surface area contributed by atoms with Gasteiger partial charge in [0.2, 0.25) is 0 Å². The number of hydrogen-bond acceptors (Lipinski definition) is 5. The second-order valence-corrected chi connectivity index (χ2v) is 10.0. The van der Waals surface area contributed by atoms with E-state index in [9.17, 15) is 4.79 Å². The van der Waals surface area contributed by atoms with E-state index in [1.165, 1.54) is 30.4 Å². The van der Waals surface area contributed by atoms with Crippen molar-refractivity contribution in [1.82, 2.24) is 15.2 Å². The number of amides is 1. The normalized spacial score (nSPS) is 14.2. The molecule has 7 nitrogen and oxygen atoms in total. The van der Waals surface area contributed by atoms with E-state index in [-0.39, 0.29) is 5.91 Å². The molecule has 36 heavy (non-hydrogen) atoms. The van der Waals surface area contributed by atoms with Gasteiger partial charge in [0, 0.05) is 29.2 Å². The largest absolute Gasteiger partial charge is 0.365 e. The molecule has 0 unspecified atom stereocenters.